The summed E-state index contributed by atoms with van der Waals surface area (Å²) in [5.41, 5.74) is 4.79. The molecule has 220 valence electrons. The van der Waals surface area contributed by atoms with Crippen molar-refractivity contribution in [3.05, 3.63) is 121 Å². The molecule has 0 spiro atoms. The summed E-state index contributed by atoms with van der Waals surface area (Å²) in [6, 6.07) is 36.5. The lowest BCUT2D eigenvalue weighted by Crippen LogP contribution is -2.46. The number of hydrogen-bond donors (Lipinski definition) is 3. The maximum Gasteiger partial charge on any atom is 0.319 e. The summed E-state index contributed by atoms with van der Waals surface area (Å²) in [4.78, 5) is 22.0. The molecule has 0 saturated carbocycles. The summed E-state index contributed by atoms with van der Waals surface area (Å²) in [5.74, 6) is 1.93. The van der Waals surface area contributed by atoms with E-state index in [9.17, 15) is 4.79 Å². The van der Waals surface area contributed by atoms with E-state index in [1.54, 1.807) is 18.3 Å². The summed E-state index contributed by atoms with van der Waals surface area (Å²) >= 11 is 0. The minimum Gasteiger partial charge on any atom is -0.457 e. The predicted octanol–water partition coefficient (Wildman–Crippen LogP) is 6.37. The van der Waals surface area contributed by atoms with Crippen LogP contribution < -0.4 is 20.7 Å². The van der Waals surface area contributed by atoms with Gasteiger partial charge in [-0.25, -0.2) is 14.8 Å². The number of aromatic nitrogens is 2. The fraction of sp³-hybridized carbons (Fsp3) is 0.171. The van der Waals surface area contributed by atoms with Crippen molar-refractivity contribution in [3.8, 4) is 33.9 Å². The Morgan fingerprint density at radius 1 is 0.682 bits per heavy atom. The molecule has 9 nitrogen and oxygen atoms in total. The van der Waals surface area contributed by atoms with Crippen molar-refractivity contribution in [2.45, 2.75) is 24.3 Å². The van der Waals surface area contributed by atoms with E-state index in [1.807, 2.05) is 66.7 Å². The molecule has 2 saturated heterocycles. The SMILES string of the molecule is O=C(Nc1ccc(Oc2ccccc2)cc1)N[C@H]1CO[C@H]2[C@@H]1OC[C@@H]2Nc1nccc(-c2ccc(-c3ccccc3)cc2)n1. The van der Waals surface area contributed by atoms with E-state index in [0.717, 1.165) is 22.6 Å². The number of ether oxygens (including phenoxy) is 3. The van der Waals surface area contributed by atoms with E-state index in [2.05, 4.69) is 57.3 Å². The summed E-state index contributed by atoms with van der Waals surface area (Å²) in [6.45, 7) is 0.761. The highest BCUT2D eigenvalue weighted by molar-refractivity contribution is 5.89. The number of carbonyl (C=O) groups is 1. The maximum atomic E-state index is 12.8. The highest BCUT2D eigenvalue weighted by atomic mass is 16.6. The Morgan fingerprint density at radius 3 is 2.05 bits per heavy atom. The van der Waals surface area contributed by atoms with Crippen molar-refractivity contribution < 1.29 is 19.0 Å². The van der Waals surface area contributed by atoms with Crippen molar-refractivity contribution in [2.24, 2.45) is 0 Å². The summed E-state index contributed by atoms with van der Waals surface area (Å²) in [6.07, 6.45) is 1.22. The molecule has 5 aromatic rings. The van der Waals surface area contributed by atoms with Crippen LogP contribution in [0.3, 0.4) is 0 Å². The normalized spacial score (nSPS) is 20.5. The molecule has 2 amide bonds. The maximum absolute atomic E-state index is 12.8. The number of carbonyl (C=O) groups excluding carboxylic acids is 1. The average molecular weight is 586 g/mol. The first kappa shape index (κ1) is 27.6. The smallest absolute Gasteiger partial charge is 0.319 e. The van der Waals surface area contributed by atoms with Crippen LogP contribution in [0.4, 0.5) is 16.4 Å². The molecule has 2 fully saturated rings. The fourth-order valence-electron chi connectivity index (χ4n) is 5.53. The minimum absolute atomic E-state index is 0.150. The Hall–Kier alpha value is -5.25. The van der Waals surface area contributed by atoms with Gasteiger partial charge in [0.15, 0.2) is 0 Å². The highest BCUT2D eigenvalue weighted by Crippen LogP contribution is 2.30. The molecule has 2 aliphatic heterocycles. The number of amides is 2. The van der Waals surface area contributed by atoms with Gasteiger partial charge in [0.05, 0.1) is 31.0 Å². The van der Waals surface area contributed by atoms with E-state index >= 15 is 0 Å². The topological polar surface area (TPSA) is 107 Å². The Bertz CT molecular complexity index is 1700. The lowest BCUT2D eigenvalue weighted by Gasteiger charge is -2.19. The van der Waals surface area contributed by atoms with Gasteiger partial charge in [0.1, 0.15) is 23.7 Å². The molecular formula is C35H31N5O4. The van der Waals surface area contributed by atoms with Crippen molar-refractivity contribution in [2.75, 3.05) is 23.8 Å². The van der Waals surface area contributed by atoms with Crippen molar-refractivity contribution >= 4 is 17.7 Å². The monoisotopic (exact) mass is 585 g/mol. The molecule has 4 aromatic carbocycles. The van der Waals surface area contributed by atoms with Crippen LogP contribution in [0, 0.1) is 0 Å². The number of urea groups is 1. The Labute approximate surface area is 255 Å². The first-order chi connectivity index (χ1) is 21.7. The third kappa shape index (κ3) is 6.24. The third-order valence-corrected chi connectivity index (χ3v) is 7.72. The number of nitrogens with zero attached hydrogens (tertiary/aromatic N) is 2. The lowest BCUT2D eigenvalue weighted by atomic mass is 10.0. The van der Waals surface area contributed by atoms with Crippen LogP contribution in [-0.4, -0.2) is 53.5 Å². The lowest BCUT2D eigenvalue weighted by molar-refractivity contribution is 0.0683. The molecular weight excluding hydrogens is 554 g/mol. The van der Waals surface area contributed by atoms with Crippen LogP contribution in [0.15, 0.2) is 121 Å². The Kier molecular flexibility index (Phi) is 7.86. The Morgan fingerprint density at radius 2 is 1.30 bits per heavy atom. The number of rotatable bonds is 8. The number of fused-ring (bicyclic) bond motifs is 1. The number of hydrogen-bond acceptors (Lipinski definition) is 7. The molecule has 0 unspecified atom stereocenters. The molecule has 3 N–H and O–H groups in total. The van der Waals surface area contributed by atoms with Gasteiger partial charge in [-0.2, -0.15) is 0 Å². The number of nitrogens with one attached hydrogen (secondary N) is 3. The predicted molar refractivity (Wildman–Crippen MR) is 169 cm³/mol. The number of benzene rings is 4. The van der Waals surface area contributed by atoms with Crippen LogP contribution in [-0.2, 0) is 9.47 Å². The van der Waals surface area contributed by atoms with Crippen molar-refractivity contribution in [1.82, 2.24) is 15.3 Å². The molecule has 0 radical (unpaired) electrons. The minimum atomic E-state index is -0.328. The van der Waals surface area contributed by atoms with Crippen LogP contribution in [0.5, 0.6) is 11.5 Å². The zero-order valence-corrected chi connectivity index (χ0v) is 23.8. The average Bonchev–Trinajstić information content (AvgIpc) is 3.66. The molecule has 0 bridgehead atoms. The summed E-state index contributed by atoms with van der Waals surface area (Å²) in [5, 5.41) is 9.25. The van der Waals surface area contributed by atoms with Crippen molar-refractivity contribution in [3.63, 3.8) is 0 Å². The van der Waals surface area contributed by atoms with Crippen LogP contribution in [0.25, 0.3) is 22.4 Å². The quantitative estimate of drug-likeness (QED) is 0.194. The van der Waals surface area contributed by atoms with Crippen molar-refractivity contribution in [1.29, 1.82) is 0 Å². The summed E-state index contributed by atoms with van der Waals surface area (Å²) in [7, 11) is 0. The Balaban J connectivity index is 0.928. The second-order valence-corrected chi connectivity index (χ2v) is 10.7. The first-order valence-corrected chi connectivity index (χ1v) is 14.6. The summed E-state index contributed by atoms with van der Waals surface area (Å²) < 4.78 is 17.9. The van der Waals surface area contributed by atoms with Gasteiger partial charge in [0, 0.05) is 17.4 Å². The van der Waals surface area contributed by atoms with Gasteiger partial charge >= 0.3 is 6.03 Å². The molecule has 2 aliphatic rings. The molecule has 44 heavy (non-hydrogen) atoms. The molecule has 7 rings (SSSR count). The van der Waals surface area contributed by atoms with Gasteiger partial charge in [-0.15, -0.1) is 0 Å². The van der Waals surface area contributed by atoms with Gasteiger partial charge < -0.3 is 30.2 Å². The molecule has 3 heterocycles. The van der Waals surface area contributed by atoms with E-state index in [0.29, 0.717) is 30.6 Å². The second kappa shape index (κ2) is 12.5. The van der Waals surface area contributed by atoms with Crippen LogP contribution in [0.1, 0.15) is 0 Å². The fourth-order valence-corrected chi connectivity index (χ4v) is 5.53. The largest absolute Gasteiger partial charge is 0.457 e. The first-order valence-electron chi connectivity index (χ1n) is 14.6. The number of anilines is 2. The second-order valence-electron chi connectivity index (χ2n) is 10.7. The van der Waals surface area contributed by atoms with Gasteiger partial charge in [-0.1, -0.05) is 72.8 Å². The number of para-hydroxylation sites is 1. The van der Waals surface area contributed by atoms with E-state index < -0.39 is 0 Å². The van der Waals surface area contributed by atoms with Crippen LogP contribution >= 0.6 is 0 Å². The zero-order chi connectivity index (χ0) is 29.7. The van der Waals surface area contributed by atoms with Gasteiger partial charge in [0.2, 0.25) is 5.95 Å². The van der Waals surface area contributed by atoms with E-state index in [1.165, 1.54) is 5.56 Å². The molecule has 1 aromatic heterocycles. The van der Waals surface area contributed by atoms with Gasteiger partial charge in [-0.05, 0) is 53.6 Å². The van der Waals surface area contributed by atoms with Gasteiger partial charge in [-0.3, -0.25) is 0 Å². The van der Waals surface area contributed by atoms with Crippen LogP contribution in [0.2, 0.25) is 0 Å². The standard InChI is InChI=1S/C35H31N5O4/c41-35(37-26-15-17-28(18-16-26)44-27-9-5-2-6-10-27)40-31-22-43-32-30(21-42-33(31)32)39-34-36-20-19-29(38-34)25-13-11-24(12-14-25)23-7-3-1-4-8-23/h1-20,30-33H,21-22H2,(H,36,38,39)(H2,37,40,41)/t30-,31-,32+,33+/m0/s1. The molecule has 0 aliphatic carbocycles. The van der Waals surface area contributed by atoms with E-state index in [-0.39, 0.29) is 30.3 Å². The van der Waals surface area contributed by atoms with E-state index in [4.69, 9.17) is 19.2 Å². The molecule has 9 heteroatoms. The molecule has 4 atom stereocenters. The highest BCUT2D eigenvalue weighted by Gasteiger charge is 2.48. The zero-order valence-electron chi connectivity index (χ0n) is 23.8. The van der Waals surface area contributed by atoms with Gasteiger partial charge in [0.25, 0.3) is 0 Å². The third-order valence-electron chi connectivity index (χ3n) is 7.72.